The fraction of sp³-hybridized carbons (Fsp3) is 0.375. The summed E-state index contributed by atoms with van der Waals surface area (Å²) in [7, 11) is 0. The van der Waals surface area contributed by atoms with Crippen LogP contribution in [0, 0.1) is 13.8 Å². The summed E-state index contributed by atoms with van der Waals surface area (Å²) in [5.41, 5.74) is 2.93. The Morgan fingerprint density at radius 2 is 1.95 bits per heavy atom. The third-order valence-electron chi connectivity index (χ3n) is 3.31. The number of aromatic nitrogens is 2. The molecule has 1 unspecified atom stereocenters. The second kappa shape index (κ2) is 6.76. The number of aryl methyl sites for hydroxylation is 2. The van der Waals surface area contributed by atoms with E-state index in [1.807, 2.05) is 38.1 Å². The number of halogens is 1. The molecule has 0 aliphatic carbocycles. The number of benzene rings is 1. The number of anilines is 3. The van der Waals surface area contributed by atoms with Crippen LogP contribution in [0.4, 0.5) is 17.5 Å². The molecule has 0 saturated heterocycles. The van der Waals surface area contributed by atoms with E-state index in [9.17, 15) is 0 Å². The third-order valence-corrected chi connectivity index (χ3v) is 3.54. The molecule has 1 aromatic carbocycles. The molecular formula is C16H21ClN4. The first-order valence-electron chi connectivity index (χ1n) is 7.13. The first-order valence-corrected chi connectivity index (χ1v) is 7.51. The molecule has 4 nitrogen and oxygen atoms in total. The Hall–Kier alpha value is -1.81. The summed E-state index contributed by atoms with van der Waals surface area (Å²) in [6, 6.07) is 8.04. The fourth-order valence-corrected chi connectivity index (χ4v) is 2.07. The molecular weight excluding hydrogens is 284 g/mol. The van der Waals surface area contributed by atoms with Crippen LogP contribution in [-0.4, -0.2) is 16.0 Å². The van der Waals surface area contributed by atoms with Crippen molar-refractivity contribution >= 4 is 29.1 Å². The molecule has 21 heavy (non-hydrogen) atoms. The number of hydrogen-bond donors (Lipinski definition) is 2. The standard InChI is InChI=1S/C16H21ClN4/c1-5-11(3)18-15-8-12(4)19-16(21-15)20-14-9-13(17)7-6-10(14)2/h6-9,11H,5H2,1-4H3,(H2,18,19,20,21). The van der Waals surface area contributed by atoms with Crippen molar-refractivity contribution < 1.29 is 0 Å². The average molecular weight is 305 g/mol. The van der Waals surface area contributed by atoms with Crippen LogP contribution >= 0.6 is 11.6 Å². The summed E-state index contributed by atoms with van der Waals surface area (Å²) in [4.78, 5) is 8.94. The molecule has 0 saturated carbocycles. The molecule has 1 atom stereocenters. The van der Waals surface area contributed by atoms with E-state index in [1.165, 1.54) is 0 Å². The van der Waals surface area contributed by atoms with Gasteiger partial charge in [-0.15, -0.1) is 0 Å². The maximum absolute atomic E-state index is 6.04. The maximum atomic E-state index is 6.04. The lowest BCUT2D eigenvalue weighted by Gasteiger charge is -2.14. The summed E-state index contributed by atoms with van der Waals surface area (Å²) in [5, 5.41) is 7.29. The van der Waals surface area contributed by atoms with Crippen molar-refractivity contribution in [2.75, 3.05) is 10.6 Å². The Morgan fingerprint density at radius 3 is 2.67 bits per heavy atom. The largest absolute Gasteiger partial charge is 0.367 e. The van der Waals surface area contributed by atoms with Gasteiger partial charge < -0.3 is 10.6 Å². The minimum absolute atomic E-state index is 0.375. The van der Waals surface area contributed by atoms with E-state index in [0.717, 1.165) is 29.2 Å². The van der Waals surface area contributed by atoms with Crippen LogP contribution in [0.5, 0.6) is 0 Å². The Morgan fingerprint density at radius 1 is 1.19 bits per heavy atom. The first-order chi connectivity index (χ1) is 9.97. The molecule has 1 aromatic heterocycles. The highest BCUT2D eigenvalue weighted by atomic mass is 35.5. The van der Waals surface area contributed by atoms with Crippen LogP contribution in [0.3, 0.4) is 0 Å². The Labute approximate surface area is 131 Å². The van der Waals surface area contributed by atoms with Crippen LogP contribution in [0.15, 0.2) is 24.3 Å². The summed E-state index contributed by atoms with van der Waals surface area (Å²) in [5.74, 6) is 1.41. The minimum Gasteiger partial charge on any atom is -0.367 e. The van der Waals surface area contributed by atoms with E-state index in [-0.39, 0.29) is 0 Å². The van der Waals surface area contributed by atoms with E-state index < -0.39 is 0 Å². The van der Waals surface area contributed by atoms with Crippen molar-refractivity contribution in [2.24, 2.45) is 0 Å². The van der Waals surface area contributed by atoms with Gasteiger partial charge in [-0.3, -0.25) is 0 Å². The molecule has 0 bridgehead atoms. The quantitative estimate of drug-likeness (QED) is 0.840. The number of hydrogen-bond acceptors (Lipinski definition) is 4. The van der Waals surface area contributed by atoms with Gasteiger partial charge >= 0.3 is 0 Å². The second-order valence-corrected chi connectivity index (χ2v) is 5.69. The highest BCUT2D eigenvalue weighted by molar-refractivity contribution is 6.30. The molecule has 2 aromatic rings. The SMILES string of the molecule is CCC(C)Nc1cc(C)nc(Nc2cc(Cl)ccc2C)n1. The zero-order valence-electron chi connectivity index (χ0n) is 12.9. The average Bonchev–Trinajstić information content (AvgIpc) is 2.42. The van der Waals surface area contributed by atoms with E-state index in [2.05, 4.69) is 34.4 Å². The van der Waals surface area contributed by atoms with Gasteiger partial charge in [0.05, 0.1) is 0 Å². The molecule has 0 spiro atoms. The number of rotatable bonds is 5. The lowest BCUT2D eigenvalue weighted by atomic mass is 10.2. The molecule has 0 fully saturated rings. The monoisotopic (exact) mass is 304 g/mol. The van der Waals surface area contributed by atoms with E-state index in [1.54, 1.807) is 0 Å². The fourth-order valence-electron chi connectivity index (χ4n) is 1.90. The van der Waals surface area contributed by atoms with Crippen molar-refractivity contribution in [1.82, 2.24) is 9.97 Å². The maximum Gasteiger partial charge on any atom is 0.229 e. The molecule has 1 heterocycles. The first kappa shape index (κ1) is 15.6. The molecule has 5 heteroatoms. The van der Waals surface area contributed by atoms with Gasteiger partial charge in [-0.1, -0.05) is 24.6 Å². The molecule has 0 radical (unpaired) electrons. The van der Waals surface area contributed by atoms with Crippen LogP contribution in [0.25, 0.3) is 0 Å². The molecule has 2 rings (SSSR count). The van der Waals surface area contributed by atoms with Crippen molar-refractivity contribution in [3.8, 4) is 0 Å². The van der Waals surface area contributed by atoms with Crippen molar-refractivity contribution in [2.45, 2.75) is 40.2 Å². The molecule has 112 valence electrons. The van der Waals surface area contributed by atoms with Crippen LogP contribution < -0.4 is 10.6 Å². The molecule has 0 amide bonds. The van der Waals surface area contributed by atoms with Crippen molar-refractivity contribution in [1.29, 1.82) is 0 Å². The third kappa shape index (κ3) is 4.33. The van der Waals surface area contributed by atoms with Crippen molar-refractivity contribution in [3.05, 3.63) is 40.5 Å². The van der Waals surface area contributed by atoms with E-state index in [4.69, 9.17) is 11.6 Å². The van der Waals surface area contributed by atoms with Crippen LogP contribution in [-0.2, 0) is 0 Å². The van der Waals surface area contributed by atoms with Crippen LogP contribution in [0.1, 0.15) is 31.5 Å². The highest BCUT2D eigenvalue weighted by Gasteiger charge is 2.07. The normalized spacial score (nSPS) is 12.0. The molecule has 0 aliphatic heterocycles. The zero-order valence-corrected chi connectivity index (χ0v) is 13.6. The van der Waals surface area contributed by atoms with Gasteiger partial charge in [-0.25, -0.2) is 4.98 Å². The Bertz CT molecular complexity index is 628. The highest BCUT2D eigenvalue weighted by Crippen LogP contribution is 2.23. The second-order valence-electron chi connectivity index (χ2n) is 5.26. The van der Waals surface area contributed by atoms with Crippen LogP contribution in [0.2, 0.25) is 5.02 Å². The van der Waals surface area contributed by atoms with Gasteiger partial charge in [0.25, 0.3) is 0 Å². The summed E-state index contributed by atoms with van der Waals surface area (Å²) in [6.07, 6.45) is 1.04. The summed E-state index contributed by atoms with van der Waals surface area (Å²) < 4.78 is 0. The van der Waals surface area contributed by atoms with Gasteiger partial charge in [-0.2, -0.15) is 4.98 Å². The van der Waals surface area contributed by atoms with E-state index >= 15 is 0 Å². The Kier molecular flexibility index (Phi) is 5.02. The molecule has 0 aliphatic rings. The van der Waals surface area contributed by atoms with E-state index in [0.29, 0.717) is 17.0 Å². The molecule has 2 N–H and O–H groups in total. The van der Waals surface area contributed by atoms with Gasteiger partial charge in [-0.05, 0) is 44.9 Å². The summed E-state index contributed by atoms with van der Waals surface area (Å²) in [6.45, 7) is 8.25. The zero-order chi connectivity index (χ0) is 15.4. The minimum atomic E-state index is 0.375. The van der Waals surface area contributed by atoms with Gasteiger partial charge in [0.1, 0.15) is 5.82 Å². The Balaban J connectivity index is 2.25. The number of nitrogens with one attached hydrogen (secondary N) is 2. The predicted molar refractivity (Wildman–Crippen MR) is 89.6 cm³/mol. The lowest BCUT2D eigenvalue weighted by Crippen LogP contribution is -2.15. The van der Waals surface area contributed by atoms with Gasteiger partial charge in [0.2, 0.25) is 5.95 Å². The predicted octanol–water partition coefficient (Wildman–Crippen LogP) is 4.70. The smallest absolute Gasteiger partial charge is 0.229 e. The lowest BCUT2D eigenvalue weighted by molar-refractivity contribution is 0.758. The van der Waals surface area contributed by atoms with Gasteiger partial charge in [0.15, 0.2) is 0 Å². The van der Waals surface area contributed by atoms with Gasteiger partial charge in [0, 0.05) is 28.5 Å². The summed E-state index contributed by atoms with van der Waals surface area (Å²) >= 11 is 6.04. The number of nitrogens with zero attached hydrogens (tertiary/aromatic N) is 2. The van der Waals surface area contributed by atoms with Crippen molar-refractivity contribution in [3.63, 3.8) is 0 Å². The topological polar surface area (TPSA) is 49.8 Å².